The van der Waals surface area contributed by atoms with Crippen LogP contribution in [0.3, 0.4) is 0 Å². The Kier molecular flexibility index (Phi) is 2.63. The number of nitrogens with one attached hydrogen (secondary N) is 1. The Labute approximate surface area is 118 Å². The maximum atomic E-state index is 4.73. The van der Waals surface area contributed by atoms with Gasteiger partial charge in [-0.25, -0.2) is 0 Å². The summed E-state index contributed by atoms with van der Waals surface area (Å²) in [5, 5.41) is 3.40. The van der Waals surface area contributed by atoms with Gasteiger partial charge in [-0.15, -0.1) is 0 Å². The molecule has 20 heavy (non-hydrogen) atoms. The third kappa shape index (κ3) is 1.68. The van der Waals surface area contributed by atoms with Gasteiger partial charge in [0.05, 0.1) is 22.9 Å². The van der Waals surface area contributed by atoms with Gasteiger partial charge < -0.3 is 14.6 Å². The zero-order valence-corrected chi connectivity index (χ0v) is 11.6. The summed E-state index contributed by atoms with van der Waals surface area (Å²) in [7, 11) is 0. The zero-order chi connectivity index (χ0) is 13.5. The zero-order valence-electron chi connectivity index (χ0n) is 11.6. The summed E-state index contributed by atoms with van der Waals surface area (Å²) in [6, 6.07) is 8.62. The number of para-hydroxylation sites is 1. The lowest BCUT2D eigenvalue weighted by Crippen LogP contribution is -2.43. The summed E-state index contributed by atoms with van der Waals surface area (Å²) in [4.78, 5) is 7.16. The third-order valence-corrected chi connectivity index (χ3v) is 4.16. The van der Waals surface area contributed by atoms with Crippen molar-refractivity contribution in [3.05, 3.63) is 42.2 Å². The van der Waals surface area contributed by atoms with Crippen LogP contribution in [0.4, 0.5) is 5.69 Å². The van der Waals surface area contributed by atoms with E-state index in [4.69, 9.17) is 4.98 Å². The summed E-state index contributed by atoms with van der Waals surface area (Å²) >= 11 is 0. The van der Waals surface area contributed by atoms with Crippen LogP contribution in [0.5, 0.6) is 0 Å². The van der Waals surface area contributed by atoms with Crippen molar-refractivity contribution < 1.29 is 0 Å². The van der Waals surface area contributed by atoms with E-state index in [1.54, 1.807) is 0 Å². The number of anilines is 1. The molecule has 0 saturated carbocycles. The minimum absolute atomic E-state index is 1.04. The van der Waals surface area contributed by atoms with Crippen molar-refractivity contribution in [2.45, 2.75) is 6.92 Å². The molecule has 1 aromatic carbocycles. The standard InChI is InChI=1S/C16H18N4/c1-12-5-8-20-14-4-2-3-13(16(14)18-11-15(12)20)19-9-6-17-7-10-19/h2-5,8,11,17H,6-7,9-10H2,1H3. The molecule has 3 heterocycles. The lowest BCUT2D eigenvalue weighted by atomic mass is 10.2. The molecule has 0 amide bonds. The van der Waals surface area contributed by atoms with Crippen LogP contribution in [0, 0.1) is 6.92 Å². The molecule has 1 fully saturated rings. The van der Waals surface area contributed by atoms with Crippen LogP contribution >= 0.6 is 0 Å². The average Bonchev–Trinajstić information content (AvgIpc) is 2.89. The number of aromatic nitrogens is 2. The predicted octanol–water partition coefficient (Wildman–Crippen LogP) is 2.21. The largest absolute Gasteiger partial charge is 0.367 e. The van der Waals surface area contributed by atoms with E-state index in [0.29, 0.717) is 0 Å². The SMILES string of the molecule is Cc1ccn2c1cnc1c(N3CCNCC3)cccc12. The highest BCUT2D eigenvalue weighted by Gasteiger charge is 2.15. The van der Waals surface area contributed by atoms with Gasteiger partial charge in [0.2, 0.25) is 0 Å². The van der Waals surface area contributed by atoms with Crippen molar-refractivity contribution >= 4 is 22.2 Å². The molecule has 4 nitrogen and oxygen atoms in total. The number of aryl methyl sites for hydroxylation is 1. The minimum Gasteiger partial charge on any atom is -0.367 e. The fourth-order valence-corrected chi connectivity index (χ4v) is 3.05. The van der Waals surface area contributed by atoms with Gasteiger partial charge in [0.15, 0.2) is 0 Å². The number of hydrogen-bond acceptors (Lipinski definition) is 3. The number of benzene rings is 1. The van der Waals surface area contributed by atoms with Gasteiger partial charge in [0, 0.05) is 32.4 Å². The summed E-state index contributed by atoms with van der Waals surface area (Å²) in [5.74, 6) is 0. The van der Waals surface area contributed by atoms with Crippen molar-refractivity contribution in [1.29, 1.82) is 0 Å². The van der Waals surface area contributed by atoms with E-state index < -0.39 is 0 Å². The van der Waals surface area contributed by atoms with E-state index >= 15 is 0 Å². The van der Waals surface area contributed by atoms with Gasteiger partial charge in [-0.1, -0.05) is 6.07 Å². The second-order valence-electron chi connectivity index (χ2n) is 5.39. The molecule has 3 aromatic rings. The van der Waals surface area contributed by atoms with E-state index in [1.165, 1.54) is 22.3 Å². The first-order chi connectivity index (χ1) is 9.84. The molecule has 2 aromatic heterocycles. The Hall–Kier alpha value is -2.07. The van der Waals surface area contributed by atoms with Crippen LogP contribution < -0.4 is 10.2 Å². The normalized spacial score (nSPS) is 16.1. The van der Waals surface area contributed by atoms with Crippen LogP contribution in [0.2, 0.25) is 0 Å². The van der Waals surface area contributed by atoms with Gasteiger partial charge in [-0.05, 0) is 30.7 Å². The summed E-state index contributed by atoms with van der Waals surface area (Å²) < 4.78 is 2.24. The number of rotatable bonds is 1. The first-order valence-electron chi connectivity index (χ1n) is 7.16. The molecular formula is C16H18N4. The molecule has 4 heteroatoms. The summed E-state index contributed by atoms with van der Waals surface area (Å²) in [5.41, 5.74) is 5.99. The molecular weight excluding hydrogens is 248 g/mol. The monoisotopic (exact) mass is 266 g/mol. The fourth-order valence-electron chi connectivity index (χ4n) is 3.05. The first kappa shape index (κ1) is 11.7. The van der Waals surface area contributed by atoms with Gasteiger partial charge in [-0.2, -0.15) is 0 Å². The molecule has 0 aliphatic carbocycles. The quantitative estimate of drug-likeness (QED) is 0.733. The van der Waals surface area contributed by atoms with Crippen LogP contribution in [-0.4, -0.2) is 35.6 Å². The summed E-state index contributed by atoms with van der Waals surface area (Å²) in [6.45, 7) is 6.30. The molecule has 1 saturated heterocycles. The molecule has 0 radical (unpaired) electrons. The minimum atomic E-state index is 1.04. The van der Waals surface area contributed by atoms with Gasteiger partial charge in [0.25, 0.3) is 0 Å². The van der Waals surface area contributed by atoms with E-state index in [2.05, 4.69) is 52.0 Å². The number of fused-ring (bicyclic) bond motifs is 3. The Morgan fingerprint density at radius 3 is 2.80 bits per heavy atom. The maximum Gasteiger partial charge on any atom is 0.110 e. The molecule has 4 rings (SSSR count). The van der Waals surface area contributed by atoms with Crippen molar-refractivity contribution in [1.82, 2.24) is 14.7 Å². The molecule has 0 bridgehead atoms. The number of hydrogen-bond donors (Lipinski definition) is 1. The Balaban J connectivity index is 1.96. The lowest BCUT2D eigenvalue weighted by molar-refractivity contribution is 0.590. The highest BCUT2D eigenvalue weighted by atomic mass is 15.2. The topological polar surface area (TPSA) is 32.6 Å². The van der Waals surface area contributed by atoms with E-state index in [-0.39, 0.29) is 0 Å². The van der Waals surface area contributed by atoms with Crippen molar-refractivity contribution in [3.63, 3.8) is 0 Å². The predicted molar refractivity (Wildman–Crippen MR) is 82.5 cm³/mol. The van der Waals surface area contributed by atoms with Gasteiger partial charge in [-0.3, -0.25) is 4.98 Å². The van der Waals surface area contributed by atoms with Crippen LogP contribution in [0.25, 0.3) is 16.6 Å². The van der Waals surface area contributed by atoms with E-state index in [0.717, 1.165) is 31.7 Å². The second-order valence-corrected chi connectivity index (χ2v) is 5.39. The van der Waals surface area contributed by atoms with Crippen LogP contribution in [-0.2, 0) is 0 Å². The highest BCUT2D eigenvalue weighted by Crippen LogP contribution is 2.27. The van der Waals surface area contributed by atoms with Crippen LogP contribution in [0.1, 0.15) is 5.56 Å². The van der Waals surface area contributed by atoms with E-state index in [1.807, 2.05) is 6.20 Å². The molecule has 0 unspecified atom stereocenters. The highest BCUT2D eigenvalue weighted by molar-refractivity contribution is 5.90. The molecule has 1 aliphatic heterocycles. The van der Waals surface area contributed by atoms with E-state index in [9.17, 15) is 0 Å². The maximum absolute atomic E-state index is 4.73. The Morgan fingerprint density at radius 1 is 1.10 bits per heavy atom. The summed E-state index contributed by atoms with van der Waals surface area (Å²) in [6.07, 6.45) is 4.12. The number of nitrogens with zero attached hydrogens (tertiary/aromatic N) is 3. The average molecular weight is 266 g/mol. The van der Waals surface area contributed by atoms with Crippen LogP contribution in [0.15, 0.2) is 36.7 Å². The smallest absolute Gasteiger partial charge is 0.110 e. The van der Waals surface area contributed by atoms with Crippen molar-refractivity contribution in [2.75, 3.05) is 31.1 Å². The second kappa shape index (κ2) is 4.49. The molecule has 0 spiro atoms. The fraction of sp³-hybridized carbons (Fsp3) is 0.312. The third-order valence-electron chi connectivity index (χ3n) is 4.16. The Morgan fingerprint density at radius 2 is 1.95 bits per heavy atom. The molecule has 1 aliphatic rings. The Bertz CT molecular complexity index is 769. The van der Waals surface area contributed by atoms with Crippen molar-refractivity contribution in [2.24, 2.45) is 0 Å². The molecule has 102 valence electrons. The van der Waals surface area contributed by atoms with Gasteiger partial charge >= 0.3 is 0 Å². The first-order valence-corrected chi connectivity index (χ1v) is 7.16. The van der Waals surface area contributed by atoms with Crippen molar-refractivity contribution in [3.8, 4) is 0 Å². The number of piperazine rings is 1. The molecule has 0 atom stereocenters. The molecule has 1 N–H and O–H groups in total. The van der Waals surface area contributed by atoms with Gasteiger partial charge in [0.1, 0.15) is 5.52 Å². The lowest BCUT2D eigenvalue weighted by Gasteiger charge is -2.30.